The van der Waals surface area contributed by atoms with E-state index in [1.54, 1.807) is 24.9 Å². The third-order valence-electron chi connectivity index (χ3n) is 1.58. The first-order valence-corrected chi connectivity index (χ1v) is 3.62. The zero-order valence-corrected chi connectivity index (χ0v) is 7.07. The summed E-state index contributed by atoms with van der Waals surface area (Å²) in [6, 6.07) is 0. The van der Waals surface area contributed by atoms with E-state index in [4.69, 9.17) is 0 Å². The fourth-order valence-electron chi connectivity index (χ4n) is 1.06. The molecule has 0 aromatic carbocycles. The molecule has 1 aromatic heterocycles. The van der Waals surface area contributed by atoms with Gasteiger partial charge in [0.15, 0.2) is 5.78 Å². The minimum absolute atomic E-state index is 0.0630. The van der Waals surface area contributed by atoms with Gasteiger partial charge in [0.2, 0.25) is 0 Å². The number of ketones is 1. The van der Waals surface area contributed by atoms with Crippen LogP contribution in [0, 0.1) is 6.92 Å². The smallest absolute Gasteiger partial charge is 0.173 e. The summed E-state index contributed by atoms with van der Waals surface area (Å²) in [7, 11) is 1.74. The molecule has 64 valence electrons. The third-order valence-corrected chi connectivity index (χ3v) is 1.58. The predicted molar refractivity (Wildman–Crippen MR) is 43.0 cm³/mol. The third kappa shape index (κ3) is 1.58. The zero-order chi connectivity index (χ0) is 9.14. The van der Waals surface area contributed by atoms with E-state index in [1.807, 2.05) is 0 Å². The summed E-state index contributed by atoms with van der Waals surface area (Å²) >= 11 is 0. The highest BCUT2D eigenvalue weighted by Gasteiger charge is 2.10. The standard InChI is InChI=1S/C8H10N2O2/c1-6-7(5-10(2)9-6)8(12)3-4-11/h4-5H,3H2,1-2H3. The van der Waals surface area contributed by atoms with E-state index in [0.29, 0.717) is 17.5 Å². The van der Waals surface area contributed by atoms with Crippen LogP contribution in [0.3, 0.4) is 0 Å². The monoisotopic (exact) mass is 166 g/mol. The quantitative estimate of drug-likeness (QED) is 0.373. The number of carbonyl (C=O) groups is 2. The average molecular weight is 166 g/mol. The molecule has 0 fully saturated rings. The van der Waals surface area contributed by atoms with Crippen LogP contribution in [0.2, 0.25) is 0 Å². The first kappa shape index (κ1) is 8.64. The van der Waals surface area contributed by atoms with E-state index in [-0.39, 0.29) is 12.2 Å². The van der Waals surface area contributed by atoms with Crippen LogP contribution >= 0.6 is 0 Å². The highest BCUT2D eigenvalue weighted by Crippen LogP contribution is 2.06. The molecular weight excluding hydrogens is 156 g/mol. The fraction of sp³-hybridized carbons (Fsp3) is 0.375. The normalized spacial score (nSPS) is 9.83. The summed E-state index contributed by atoms with van der Waals surface area (Å²) in [4.78, 5) is 21.3. The number of aldehydes is 1. The van der Waals surface area contributed by atoms with Gasteiger partial charge in [0.25, 0.3) is 0 Å². The molecule has 1 rings (SSSR count). The van der Waals surface area contributed by atoms with Gasteiger partial charge in [-0.25, -0.2) is 0 Å². The van der Waals surface area contributed by atoms with E-state index >= 15 is 0 Å². The van der Waals surface area contributed by atoms with Crippen molar-refractivity contribution in [2.24, 2.45) is 7.05 Å². The molecule has 1 heterocycles. The molecule has 12 heavy (non-hydrogen) atoms. The lowest BCUT2D eigenvalue weighted by Crippen LogP contribution is -1.99. The summed E-state index contributed by atoms with van der Waals surface area (Å²) in [6.07, 6.45) is 2.17. The van der Waals surface area contributed by atoms with Gasteiger partial charge in [0.1, 0.15) is 6.29 Å². The van der Waals surface area contributed by atoms with Crippen LogP contribution in [-0.4, -0.2) is 21.8 Å². The molecule has 1 aromatic rings. The fourth-order valence-corrected chi connectivity index (χ4v) is 1.06. The van der Waals surface area contributed by atoms with E-state index in [2.05, 4.69) is 5.10 Å². The van der Waals surface area contributed by atoms with Crippen LogP contribution in [-0.2, 0) is 11.8 Å². The van der Waals surface area contributed by atoms with E-state index in [1.165, 1.54) is 0 Å². The van der Waals surface area contributed by atoms with Crippen LogP contribution < -0.4 is 0 Å². The Balaban J connectivity index is 2.94. The molecular formula is C8H10N2O2. The van der Waals surface area contributed by atoms with E-state index in [0.717, 1.165) is 0 Å². The van der Waals surface area contributed by atoms with Crippen LogP contribution in [0.15, 0.2) is 6.20 Å². The Morgan fingerprint density at radius 1 is 1.75 bits per heavy atom. The van der Waals surface area contributed by atoms with Crippen LogP contribution in [0.1, 0.15) is 22.5 Å². The Kier molecular flexibility index (Phi) is 2.38. The molecule has 0 aliphatic rings. The van der Waals surface area contributed by atoms with Gasteiger partial charge in [-0.3, -0.25) is 9.48 Å². The van der Waals surface area contributed by atoms with Crippen molar-refractivity contribution in [3.63, 3.8) is 0 Å². The van der Waals surface area contributed by atoms with Crippen molar-refractivity contribution in [2.75, 3.05) is 0 Å². The second-order valence-corrected chi connectivity index (χ2v) is 2.60. The van der Waals surface area contributed by atoms with E-state index in [9.17, 15) is 9.59 Å². The Bertz CT molecular complexity index is 315. The van der Waals surface area contributed by atoms with Gasteiger partial charge in [0.05, 0.1) is 17.7 Å². The lowest BCUT2D eigenvalue weighted by atomic mass is 10.1. The molecule has 0 atom stereocenters. The van der Waals surface area contributed by atoms with Gasteiger partial charge in [-0.15, -0.1) is 0 Å². The summed E-state index contributed by atoms with van der Waals surface area (Å²) in [5.41, 5.74) is 1.20. The van der Waals surface area contributed by atoms with Gasteiger partial charge in [-0.1, -0.05) is 0 Å². The number of nitrogens with zero attached hydrogens (tertiary/aromatic N) is 2. The minimum Gasteiger partial charge on any atom is -0.303 e. The van der Waals surface area contributed by atoms with Gasteiger partial charge >= 0.3 is 0 Å². The van der Waals surface area contributed by atoms with Gasteiger partial charge in [0, 0.05) is 13.2 Å². The summed E-state index contributed by atoms with van der Waals surface area (Å²) in [5, 5.41) is 3.99. The van der Waals surface area contributed by atoms with E-state index < -0.39 is 0 Å². The number of hydrogen-bond donors (Lipinski definition) is 0. The summed E-state index contributed by atoms with van der Waals surface area (Å²) in [5.74, 6) is -0.171. The second kappa shape index (κ2) is 3.30. The Hall–Kier alpha value is -1.45. The molecule has 0 radical (unpaired) electrons. The first-order chi connectivity index (χ1) is 5.65. The highest BCUT2D eigenvalue weighted by molar-refractivity contribution is 6.03. The number of aromatic nitrogens is 2. The van der Waals surface area contributed by atoms with Crippen molar-refractivity contribution in [1.29, 1.82) is 0 Å². The Morgan fingerprint density at radius 2 is 2.42 bits per heavy atom. The number of aryl methyl sites for hydroxylation is 2. The Labute approximate surface area is 70.2 Å². The lowest BCUT2D eigenvalue weighted by molar-refractivity contribution is -0.107. The number of rotatable bonds is 3. The van der Waals surface area contributed by atoms with Crippen molar-refractivity contribution in [3.05, 3.63) is 17.5 Å². The molecule has 0 aliphatic carbocycles. The van der Waals surface area contributed by atoms with Crippen molar-refractivity contribution < 1.29 is 9.59 Å². The molecule has 0 spiro atoms. The molecule has 4 heteroatoms. The molecule has 0 bridgehead atoms. The zero-order valence-electron chi connectivity index (χ0n) is 7.07. The Morgan fingerprint density at radius 3 is 2.83 bits per heavy atom. The maximum Gasteiger partial charge on any atom is 0.173 e. The highest BCUT2D eigenvalue weighted by atomic mass is 16.1. The largest absolute Gasteiger partial charge is 0.303 e. The van der Waals surface area contributed by atoms with Gasteiger partial charge < -0.3 is 4.79 Å². The van der Waals surface area contributed by atoms with Crippen molar-refractivity contribution in [3.8, 4) is 0 Å². The van der Waals surface area contributed by atoms with Gasteiger partial charge in [-0.2, -0.15) is 5.10 Å². The number of Topliss-reactive ketones (excluding diaryl/α,β-unsaturated/α-hetero) is 1. The molecule has 0 N–H and O–H groups in total. The van der Waals surface area contributed by atoms with Gasteiger partial charge in [-0.05, 0) is 6.92 Å². The molecule has 0 amide bonds. The summed E-state index contributed by atoms with van der Waals surface area (Å²) in [6.45, 7) is 1.75. The SMILES string of the molecule is Cc1nn(C)cc1C(=O)CC=O. The predicted octanol–water partition coefficient (Wildman–Crippen LogP) is 0.500. The number of carbonyl (C=O) groups excluding carboxylic acids is 2. The van der Waals surface area contributed by atoms with Crippen molar-refractivity contribution >= 4 is 12.1 Å². The topological polar surface area (TPSA) is 52.0 Å². The molecule has 0 saturated heterocycles. The van der Waals surface area contributed by atoms with Crippen molar-refractivity contribution in [2.45, 2.75) is 13.3 Å². The lowest BCUT2D eigenvalue weighted by Gasteiger charge is -1.90. The first-order valence-electron chi connectivity index (χ1n) is 3.62. The maximum atomic E-state index is 11.2. The summed E-state index contributed by atoms with van der Waals surface area (Å²) < 4.78 is 1.56. The second-order valence-electron chi connectivity index (χ2n) is 2.60. The van der Waals surface area contributed by atoms with Crippen LogP contribution in [0.4, 0.5) is 0 Å². The molecule has 4 nitrogen and oxygen atoms in total. The molecule has 0 aliphatic heterocycles. The number of hydrogen-bond acceptors (Lipinski definition) is 3. The van der Waals surface area contributed by atoms with Crippen molar-refractivity contribution in [1.82, 2.24) is 9.78 Å². The van der Waals surface area contributed by atoms with Crippen LogP contribution in [0.25, 0.3) is 0 Å². The minimum atomic E-state index is -0.171. The van der Waals surface area contributed by atoms with Crippen LogP contribution in [0.5, 0.6) is 0 Å². The molecule has 0 unspecified atom stereocenters. The molecule has 0 saturated carbocycles. The average Bonchev–Trinajstić information content (AvgIpc) is 2.30. The maximum absolute atomic E-state index is 11.2.